The number of hydrogen-bond donors (Lipinski definition) is 1. The number of hydrogen-bond acceptors (Lipinski definition) is 5. The number of carbonyl (C=O) groups is 1. The predicted octanol–water partition coefficient (Wildman–Crippen LogP) is 5.21. The van der Waals surface area contributed by atoms with Crippen molar-refractivity contribution in [2.45, 2.75) is 38.5 Å². The molecule has 3 rings (SSSR count). The molecule has 0 saturated heterocycles. The van der Waals surface area contributed by atoms with Crippen LogP contribution in [0.1, 0.15) is 36.7 Å². The van der Waals surface area contributed by atoms with Gasteiger partial charge in [0.2, 0.25) is 5.91 Å². The maximum atomic E-state index is 12.3. The van der Waals surface area contributed by atoms with Crippen LogP contribution in [0.15, 0.2) is 47.6 Å². The van der Waals surface area contributed by atoms with Crippen LogP contribution < -0.4 is 10.1 Å². The van der Waals surface area contributed by atoms with Gasteiger partial charge in [-0.05, 0) is 48.2 Å². The van der Waals surface area contributed by atoms with E-state index in [4.69, 9.17) is 16.3 Å². The minimum absolute atomic E-state index is 0.128. The first-order valence-corrected chi connectivity index (χ1v) is 11.0. The molecule has 8 heteroatoms. The van der Waals surface area contributed by atoms with Crippen molar-refractivity contribution in [2.24, 2.45) is 7.05 Å². The molecule has 30 heavy (non-hydrogen) atoms. The highest BCUT2D eigenvalue weighted by Crippen LogP contribution is 2.24. The Hall–Kier alpha value is -2.51. The van der Waals surface area contributed by atoms with Gasteiger partial charge in [0.1, 0.15) is 12.4 Å². The van der Waals surface area contributed by atoms with E-state index in [9.17, 15) is 4.79 Å². The van der Waals surface area contributed by atoms with Gasteiger partial charge in [-0.25, -0.2) is 0 Å². The summed E-state index contributed by atoms with van der Waals surface area (Å²) in [5.74, 6) is 2.05. The van der Waals surface area contributed by atoms with E-state index in [-0.39, 0.29) is 11.7 Å². The van der Waals surface area contributed by atoms with Crippen LogP contribution in [0.2, 0.25) is 5.02 Å². The quantitative estimate of drug-likeness (QED) is 0.483. The third-order valence-corrected chi connectivity index (χ3v) is 6.14. The highest BCUT2D eigenvalue weighted by molar-refractivity contribution is 7.99. The zero-order chi connectivity index (χ0) is 21.7. The number of nitrogens with one attached hydrogen (secondary N) is 1. The van der Waals surface area contributed by atoms with Crippen LogP contribution in [0, 0.1) is 6.92 Å². The zero-order valence-electron chi connectivity index (χ0n) is 17.5. The van der Waals surface area contributed by atoms with Gasteiger partial charge in [-0.1, -0.05) is 55.4 Å². The Bertz CT molecular complexity index is 1020. The topological polar surface area (TPSA) is 69.0 Å². The van der Waals surface area contributed by atoms with Crippen LogP contribution >= 0.6 is 23.4 Å². The first-order valence-electron chi connectivity index (χ1n) is 9.64. The molecule has 0 spiro atoms. The number of benzene rings is 2. The lowest BCUT2D eigenvalue weighted by Gasteiger charge is -2.10. The smallest absolute Gasteiger partial charge is 0.234 e. The molecule has 0 aliphatic carbocycles. The van der Waals surface area contributed by atoms with Crippen LogP contribution in [-0.2, 0) is 18.4 Å². The van der Waals surface area contributed by atoms with E-state index < -0.39 is 0 Å². The minimum atomic E-state index is -0.128. The Kier molecular flexibility index (Phi) is 7.39. The van der Waals surface area contributed by atoms with Crippen molar-refractivity contribution in [1.29, 1.82) is 0 Å². The Morgan fingerprint density at radius 1 is 1.20 bits per heavy atom. The first kappa shape index (κ1) is 22.2. The molecule has 0 bridgehead atoms. The average Bonchev–Trinajstić information content (AvgIpc) is 3.08. The molecule has 1 N–H and O–H groups in total. The van der Waals surface area contributed by atoms with Gasteiger partial charge < -0.3 is 14.6 Å². The molecule has 6 nitrogen and oxygen atoms in total. The number of nitrogens with zero attached hydrogens (tertiary/aromatic N) is 3. The maximum absolute atomic E-state index is 12.3. The van der Waals surface area contributed by atoms with Gasteiger partial charge in [0.25, 0.3) is 0 Å². The summed E-state index contributed by atoms with van der Waals surface area (Å²) in [4.78, 5) is 12.3. The lowest BCUT2D eigenvalue weighted by Crippen LogP contribution is -2.15. The molecule has 0 fully saturated rings. The Morgan fingerprint density at radius 2 is 1.93 bits per heavy atom. The summed E-state index contributed by atoms with van der Waals surface area (Å²) >= 11 is 7.42. The number of anilines is 1. The molecule has 0 aliphatic rings. The van der Waals surface area contributed by atoms with E-state index in [0.29, 0.717) is 34.2 Å². The summed E-state index contributed by atoms with van der Waals surface area (Å²) in [5, 5.41) is 12.5. The molecule has 0 aliphatic heterocycles. The Balaban J connectivity index is 1.53. The van der Waals surface area contributed by atoms with Crippen LogP contribution in [0.4, 0.5) is 5.69 Å². The molecule has 0 saturated carbocycles. The van der Waals surface area contributed by atoms with E-state index in [0.717, 1.165) is 11.3 Å². The second kappa shape index (κ2) is 10.00. The molecule has 158 valence electrons. The van der Waals surface area contributed by atoms with E-state index >= 15 is 0 Å². The number of halogens is 1. The number of amides is 1. The summed E-state index contributed by atoms with van der Waals surface area (Å²) in [6.07, 6.45) is 0. The van der Waals surface area contributed by atoms with Crippen LogP contribution in [0.25, 0.3) is 0 Å². The largest absolute Gasteiger partial charge is 0.486 e. The minimum Gasteiger partial charge on any atom is -0.486 e. The summed E-state index contributed by atoms with van der Waals surface area (Å²) in [7, 11) is 1.86. The van der Waals surface area contributed by atoms with Gasteiger partial charge in [0.05, 0.1) is 5.75 Å². The molecule has 1 aromatic heterocycles. The van der Waals surface area contributed by atoms with Gasteiger partial charge in [-0.3, -0.25) is 4.79 Å². The van der Waals surface area contributed by atoms with Gasteiger partial charge in [-0.2, -0.15) is 0 Å². The number of aromatic nitrogens is 3. The average molecular weight is 445 g/mol. The SMILES string of the molecule is Cc1c(Cl)cccc1NC(=O)CSc1nnc(COc2ccc(C(C)C)cc2)n1C. The van der Waals surface area contributed by atoms with Crippen molar-refractivity contribution >= 4 is 35.0 Å². The fourth-order valence-electron chi connectivity index (χ4n) is 2.75. The highest BCUT2D eigenvalue weighted by Gasteiger charge is 2.13. The lowest BCUT2D eigenvalue weighted by atomic mass is 10.0. The third kappa shape index (κ3) is 5.55. The number of carbonyl (C=O) groups excluding carboxylic acids is 1. The van der Waals surface area contributed by atoms with E-state index in [1.54, 1.807) is 6.07 Å². The fourth-order valence-corrected chi connectivity index (χ4v) is 3.66. The highest BCUT2D eigenvalue weighted by atomic mass is 35.5. The fraction of sp³-hybridized carbons (Fsp3) is 0.318. The number of ether oxygens (including phenoxy) is 1. The summed E-state index contributed by atoms with van der Waals surface area (Å²) in [5.41, 5.74) is 2.83. The second-order valence-electron chi connectivity index (χ2n) is 7.22. The molecule has 2 aromatic carbocycles. The summed E-state index contributed by atoms with van der Waals surface area (Å²) in [6.45, 7) is 6.49. The normalized spacial score (nSPS) is 11.0. The number of thioether (sulfide) groups is 1. The van der Waals surface area contributed by atoms with Gasteiger partial charge in [0, 0.05) is 17.8 Å². The third-order valence-electron chi connectivity index (χ3n) is 4.71. The molecular formula is C22H25ClN4O2S. The molecule has 1 amide bonds. The van der Waals surface area contributed by atoms with Gasteiger partial charge in [0.15, 0.2) is 11.0 Å². The molecule has 0 atom stereocenters. The van der Waals surface area contributed by atoms with Crippen molar-refractivity contribution in [1.82, 2.24) is 14.8 Å². The van der Waals surface area contributed by atoms with Gasteiger partial charge in [-0.15, -0.1) is 10.2 Å². The van der Waals surface area contributed by atoms with E-state index in [2.05, 4.69) is 41.5 Å². The Morgan fingerprint density at radius 3 is 2.63 bits per heavy atom. The summed E-state index contributed by atoms with van der Waals surface area (Å²) in [6, 6.07) is 13.5. The van der Waals surface area contributed by atoms with Crippen molar-refractivity contribution in [3.05, 3.63) is 64.4 Å². The zero-order valence-corrected chi connectivity index (χ0v) is 19.0. The van der Waals surface area contributed by atoms with Crippen molar-refractivity contribution in [3.8, 4) is 5.75 Å². The van der Waals surface area contributed by atoms with Crippen LogP contribution in [-0.4, -0.2) is 26.4 Å². The van der Waals surface area contributed by atoms with E-state index in [1.165, 1.54) is 17.3 Å². The number of rotatable bonds is 8. The summed E-state index contributed by atoms with van der Waals surface area (Å²) < 4.78 is 7.66. The molecule has 3 aromatic rings. The first-order chi connectivity index (χ1) is 14.3. The van der Waals surface area contributed by atoms with Crippen LogP contribution in [0.5, 0.6) is 5.75 Å². The molecule has 1 heterocycles. The van der Waals surface area contributed by atoms with Gasteiger partial charge >= 0.3 is 0 Å². The van der Waals surface area contributed by atoms with E-state index in [1.807, 2.05) is 42.8 Å². The monoisotopic (exact) mass is 444 g/mol. The second-order valence-corrected chi connectivity index (χ2v) is 8.57. The standard InChI is InChI=1S/C22H25ClN4O2S/c1-14(2)16-8-10-17(11-9-16)29-12-20-25-26-22(27(20)4)30-13-21(28)24-19-7-5-6-18(23)15(19)3/h5-11,14H,12-13H2,1-4H3,(H,24,28). The predicted molar refractivity (Wildman–Crippen MR) is 121 cm³/mol. The Labute approximate surface area is 186 Å². The maximum Gasteiger partial charge on any atom is 0.234 e. The van der Waals surface area contributed by atoms with Crippen molar-refractivity contribution in [2.75, 3.05) is 11.1 Å². The van der Waals surface area contributed by atoms with Crippen molar-refractivity contribution < 1.29 is 9.53 Å². The molecule has 0 unspecified atom stereocenters. The molecule has 0 radical (unpaired) electrons. The van der Waals surface area contributed by atoms with Crippen molar-refractivity contribution in [3.63, 3.8) is 0 Å². The lowest BCUT2D eigenvalue weighted by molar-refractivity contribution is -0.113. The van der Waals surface area contributed by atoms with Crippen LogP contribution in [0.3, 0.4) is 0 Å². The molecular weight excluding hydrogens is 420 g/mol.